The Kier molecular flexibility index (Phi) is 10.3. The van der Waals surface area contributed by atoms with Crippen LogP contribution in [0.5, 0.6) is 0 Å². The second kappa shape index (κ2) is 14.6. The molecule has 4 aliphatic rings. The van der Waals surface area contributed by atoms with E-state index in [1.807, 2.05) is 61.5 Å². The average Bonchev–Trinajstić information content (AvgIpc) is 3.72. The first-order valence-corrected chi connectivity index (χ1v) is 17.2. The van der Waals surface area contributed by atoms with Crippen molar-refractivity contribution in [2.24, 2.45) is 11.8 Å². The lowest BCUT2D eigenvalue weighted by Gasteiger charge is -2.36. The number of benzene rings is 2. The fraction of sp³-hybridized carbons (Fsp3) is 0.459. The van der Waals surface area contributed by atoms with Crippen LogP contribution >= 0.6 is 11.6 Å². The van der Waals surface area contributed by atoms with Gasteiger partial charge in [0, 0.05) is 26.1 Å². The molecule has 11 heteroatoms. The summed E-state index contributed by atoms with van der Waals surface area (Å²) in [4.78, 5) is 59.6. The normalized spacial score (nSPS) is 29.6. The Morgan fingerprint density at radius 1 is 0.979 bits per heavy atom. The molecule has 0 aliphatic carbocycles. The van der Waals surface area contributed by atoms with E-state index in [4.69, 9.17) is 21.1 Å². The van der Waals surface area contributed by atoms with E-state index in [1.165, 1.54) is 0 Å². The molecule has 4 aliphatic heterocycles. The number of hydrogen-bond acceptors (Lipinski definition) is 7. The van der Waals surface area contributed by atoms with Gasteiger partial charge in [0.25, 0.3) is 5.91 Å². The number of halogens is 1. The number of carbonyl (C=O) groups excluding carboxylic acids is 4. The summed E-state index contributed by atoms with van der Waals surface area (Å²) in [6.45, 7) is 2.46. The summed E-state index contributed by atoms with van der Waals surface area (Å²) in [5.41, 5.74) is 0.635. The van der Waals surface area contributed by atoms with Crippen molar-refractivity contribution in [3.05, 3.63) is 89.0 Å². The Balaban J connectivity index is 1.42. The molecule has 0 radical (unpaired) electrons. The van der Waals surface area contributed by atoms with E-state index >= 15 is 4.79 Å². The maximum absolute atomic E-state index is 15.0. The fourth-order valence-electron chi connectivity index (χ4n) is 7.53. The van der Waals surface area contributed by atoms with Gasteiger partial charge in [-0.1, -0.05) is 91.2 Å². The van der Waals surface area contributed by atoms with Crippen molar-refractivity contribution in [2.75, 3.05) is 31.1 Å². The van der Waals surface area contributed by atoms with Gasteiger partial charge in [-0.25, -0.2) is 0 Å². The molecular formula is C37H42ClN3O7. The van der Waals surface area contributed by atoms with E-state index in [-0.39, 0.29) is 50.4 Å². The summed E-state index contributed by atoms with van der Waals surface area (Å²) in [5, 5.41) is 12.5. The Morgan fingerprint density at radius 3 is 2.54 bits per heavy atom. The Labute approximate surface area is 285 Å². The number of aliphatic hydroxyl groups excluding tert-OH is 1. The number of unbranched alkanes of at least 4 members (excludes halogenated alkanes) is 3. The lowest BCUT2D eigenvalue weighted by molar-refractivity contribution is -0.159. The second-order valence-electron chi connectivity index (χ2n) is 12.9. The summed E-state index contributed by atoms with van der Waals surface area (Å²) in [6.07, 6.45) is 9.13. The number of likely N-dealkylation sites (tertiary alicyclic amines) is 1. The van der Waals surface area contributed by atoms with Crippen molar-refractivity contribution < 1.29 is 33.8 Å². The number of fused-ring (bicyclic) bond motifs is 2. The van der Waals surface area contributed by atoms with E-state index in [1.54, 1.807) is 28.0 Å². The molecule has 6 atom stereocenters. The molecule has 3 amide bonds. The smallest absolute Gasteiger partial charge is 0.313 e. The molecule has 4 heterocycles. The van der Waals surface area contributed by atoms with Crippen molar-refractivity contribution in [1.29, 1.82) is 0 Å². The van der Waals surface area contributed by atoms with E-state index in [0.717, 1.165) is 18.4 Å². The van der Waals surface area contributed by atoms with Gasteiger partial charge in [-0.2, -0.15) is 0 Å². The zero-order valence-corrected chi connectivity index (χ0v) is 27.8. The molecule has 10 nitrogen and oxygen atoms in total. The first-order chi connectivity index (χ1) is 23.3. The second-order valence-corrected chi connectivity index (χ2v) is 13.3. The topological polar surface area (TPSA) is 125 Å². The number of allylic oxidation sites excluding steroid dienone is 1. The summed E-state index contributed by atoms with van der Waals surface area (Å²) in [6, 6.07) is 13.5. The molecule has 48 heavy (non-hydrogen) atoms. The minimum Gasteiger partial charge on any atom is -0.455 e. The fourth-order valence-corrected chi connectivity index (χ4v) is 7.85. The third kappa shape index (κ3) is 6.41. The van der Waals surface area contributed by atoms with Crippen LogP contribution in [0.4, 0.5) is 5.69 Å². The molecule has 0 unspecified atom stereocenters. The van der Waals surface area contributed by atoms with Crippen LogP contribution in [0.1, 0.15) is 55.8 Å². The molecule has 2 saturated heterocycles. The van der Waals surface area contributed by atoms with Crippen molar-refractivity contribution >= 4 is 41.0 Å². The van der Waals surface area contributed by atoms with Crippen molar-refractivity contribution in [3.63, 3.8) is 0 Å². The first-order valence-electron chi connectivity index (χ1n) is 16.8. The Bertz CT molecular complexity index is 1580. The number of aliphatic hydroxyl groups is 1. The van der Waals surface area contributed by atoms with Crippen molar-refractivity contribution in [1.82, 2.24) is 10.2 Å². The summed E-state index contributed by atoms with van der Waals surface area (Å²) in [7, 11) is 0. The van der Waals surface area contributed by atoms with E-state index < -0.39 is 41.7 Å². The lowest BCUT2D eigenvalue weighted by Crippen LogP contribution is -2.56. The quantitative estimate of drug-likeness (QED) is 0.241. The van der Waals surface area contributed by atoms with Crippen molar-refractivity contribution in [3.8, 4) is 0 Å². The standard InChI is InChI=1S/C37H42ClN3O7/c1-24-13-12-16-26(38)32(24)40-20-10-5-8-17-29(43)39-23-28(25-14-6-4-7-15-25)47-36(46)30-27-18-19-37(48-27)31(30)34(44)41(33(37)35(40)45)21-9-2-3-11-22-42/h4-7,10,12-16,18-19,27-28,30-31,33,42H,2-3,8-9,11,17,20-23H2,1H3,(H,39,43)/b10-5-/t27-,28-,30+,31+,33-,37+/m0/s1. The Hall–Kier alpha value is -3.99. The number of esters is 1. The van der Waals surface area contributed by atoms with Gasteiger partial charge >= 0.3 is 5.97 Å². The summed E-state index contributed by atoms with van der Waals surface area (Å²) < 4.78 is 12.7. The van der Waals surface area contributed by atoms with Crippen LogP contribution in [-0.2, 0) is 28.7 Å². The number of nitrogens with one attached hydrogen (secondary N) is 1. The predicted octanol–water partition coefficient (Wildman–Crippen LogP) is 4.44. The highest BCUT2D eigenvalue weighted by atomic mass is 35.5. The minimum absolute atomic E-state index is 0.0662. The number of ether oxygens (including phenoxy) is 2. The number of anilines is 1. The van der Waals surface area contributed by atoms with Crippen molar-refractivity contribution in [2.45, 2.75) is 69.3 Å². The summed E-state index contributed by atoms with van der Waals surface area (Å²) >= 11 is 6.74. The maximum atomic E-state index is 15.0. The number of carbonyl (C=O) groups is 4. The van der Waals surface area contributed by atoms with Crippen LogP contribution in [0.3, 0.4) is 0 Å². The molecule has 254 valence electrons. The molecule has 1 spiro atoms. The highest BCUT2D eigenvalue weighted by Crippen LogP contribution is 2.56. The number of para-hydroxylation sites is 1. The van der Waals surface area contributed by atoms with Crippen LogP contribution < -0.4 is 10.2 Å². The average molecular weight is 676 g/mol. The zero-order chi connectivity index (χ0) is 33.8. The van der Waals surface area contributed by atoms with Gasteiger partial charge in [0.1, 0.15) is 23.7 Å². The Morgan fingerprint density at radius 2 is 1.77 bits per heavy atom. The molecule has 2 fully saturated rings. The first kappa shape index (κ1) is 33.9. The van der Waals surface area contributed by atoms with E-state index in [2.05, 4.69) is 5.32 Å². The molecule has 0 aromatic heterocycles. The van der Waals surface area contributed by atoms with Gasteiger partial charge in [0.15, 0.2) is 0 Å². The van der Waals surface area contributed by atoms with Gasteiger partial charge in [0.2, 0.25) is 11.8 Å². The number of amides is 3. The number of hydrogen-bond donors (Lipinski definition) is 2. The highest BCUT2D eigenvalue weighted by molar-refractivity contribution is 6.34. The highest BCUT2D eigenvalue weighted by Gasteiger charge is 2.73. The lowest BCUT2D eigenvalue weighted by atomic mass is 9.74. The minimum atomic E-state index is -1.38. The largest absolute Gasteiger partial charge is 0.455 e. The third-order valence-corrected chi connectivity index (χ3v) is 10.1. The third-order valence-electron chi connectivity index (χ3n) is 9.82. The van der Waals surface area contributed by atoms with E-state index in [9.17, 15) is 19.5 Å². The van der Waals surface area contributed by atoms with Crippen LogP contribution in [0.2, 0.25) is 5.02 Å². The molecule has 6 rings (SSSR count). The van der Waals surface area contributed by atoms with Gasteiger partial charge in [0.05, 0.1) is 29.3 Å². The van der Waals surface area contributed by atoms with Crippen LogP contribution in [-0.4, -0.2) is 77.7 Å². The number of aryl methyl sites for hydroxylation is 1. The van der Waals surface area contributed by atoms with Gasteiger partial charge < -0.3 is 29.7 Å². The van der Waals surface area contributed by atoms with Crippen LogP contribution in [0.25, 0.3) is 0 Å². The molecule has 5 bridgehead atoms. The molecule has 0 saturated carbocycles. The van der Waals surface area contributed by atoms with Crippen LogP contribution in [0, 0.1) is 18.8 Å². The van der Waals surface area contributed by atoms with Gasteiger partial charge in [-0.15, -0.1) is 0 Å². The zero-order valence-electron chi connectivity index (χ0n) is 27.1. The monoisotopic (exact) mass is 675 g/mol. The predicted molar refractivity (Wildman–Crippen MR) is 180 cm³/mol. The molecule has 2 aromatic carbocycles. The van der Waals surface area contributed by atoms with Crippen LogP contribution in [0.15, 0.2) is 72.8 Å². The molecular weight excluding hydrogens is 634 g/mol. The number of cyclic esters (lactones) is 1. The molecule has 2 aromatic rings. The maximum Gasteiger partial charge on any atom is 0.313 e. The molecule has 2 N–H and O–H groups in total. The van der Waals surface area contributed by atoms with E-state index in [0.29, 0.717) is 35.5 Å². The van der Waals surface area contributed by atoms with Gasteiger partial charge in [-0.3, -0.25) is 19.2 Å². The van der Waals surface area contributed by atoms with Gasteiger partial charge in [-0.05, 0) is 43.4 Å². The SMILES string of the molecule is Cc1cccc(Cl)c1N1C/C=C\CCC(=O)NC[C@@H](c2ccccc2)OC(=O)[C@@H]2[C@@H]3C=C[C@]4(O3)[C@H](C1=O)N(CCCCCCO)C(=O)[C@@H]24. The summed E-state index contributed by atoms with van der Waals surface area (Å²) in [5.74, 6) is -3.48. The number of rotatable bonds is 8. The number of nitrogens with zero attached hydrogens (tertiary/aromatic N) is 2.